The topological polar surface area (TPSA) is 12.9 Å². The zero-order valence-corrected chi connectivity index (χ0v) is 8.92. The van der Waals surface area contributed by atoms with Gasteiger partial charge >= 0.3 is 0 Å². The van der Waals surface area contributed by atoms with Gasteiger partial charge in [-0.3, -0.25) is 0 Å². The van der Waals surface area contributed by atoms with E-state index in [9.17, 15) is 4.39 Å². The van der Waals surface area contributed by atoms with Crippen molar-refractivity contribution < 1.29 is 4.39 Å². The second-order valence-corrected chi connectivity index (χ2v) is 3.63. The molecule has 0 aliphatic heterocycles. The number of hydrogen-bond acceptors (Lipinski definition) is 1. The Hall–Kier alpha value is -1.41. The van der Waals surface area contributed by atoms with Gasteiger partial charge in [-0.15, -0.1) is 0 Å². The maximum absolute atomic E-state index is 13.5. The number of aryl methyl sites for hydroxylation is 1. The quantitative estimate of drug-likeness (QED) is 0.667. The third-order valence-corrected chi connectivity index (χ3v) is 2.43. The molecule has 0 radical (unpaired) electrons. The summed E-state index contributed by atoms with van der Waals surface area (Å²) in [6, 6.07) is 10.1. The highest BCUT2D eigenvalue weighted by Crippen LogP contribution is 2.25. The first-order chi connectivity index (χ1) is 7.18. The minimum absolute atomic E-state index is 0.246. The van der Waals surface area contributed by atoms with Crippen LogP contribution in [0.4, 0.5) is 4.39 Å². The Morgan fingerprint density at radius 2 is 1.80 bits per heavy atom. The van der Waals surface area contributed by atoms with Crippen LogP contribution in [0.2, 0.25) is 5.15 Å². The number of halogens is 2. The Bertz CT molecular complexity index is 497. The van der Waals surface area contributed by atoms with Crippen molar-refractivity contribution in [3.63, 3.8) is 0 Å². The standard InChI is InChI=1S/C12H9ClFN/c1-8-9(6-7-12(13)15-8)10-4-2-3-5-11(10)14/h2-7H,1H3. The van der Waals surface area contributed by atoms with Crippen LogP contribution in [0.5, 0.6) is 0 Å². The molecular weight excluding hydrogens is 213 g/mol. The highest BCUT2D eigenvalue weighted by molar-refractivity contribution is 6.29. The van der Waals surface area contributed by atoms with Gasteiger partial charge in [0.05, 0.1) is 0 Å². The Labute approximate surface area is 92.5 Å². The predicted octanol–water partition coefficient (Wildman–Crippen LogP) is 3.85. The van der Waals surface area contributed by atoms with Crippen LogP contribution >= 0.6 is 11.6 Å². The van der Waals surface area contributed by atoms with Crippen molar-refractivity contribution in [2.24, 2.45) is 0 Å². The highest BCUT2D eigenvalue weighted by Gasteiger charge is 2.07. The van der Waals surface area contributed by atoms with Crippen molar-refractivity contribution >= 4 is 11.6 Å². The maximum Gasteiger partial charge on any atom is 0.131 e. The van der Waals surface area contributed by atoms with E-state index in [4.69, 9.17) is 11.6 Å². The Balaban J connectivity index is 2.60. The number of hydrogen-bond donors (Lipinski definition) is 0. The van der Waals surface area contributed by atoms with Crippen molar-refractivity contribution in [1.82, 2.24) is 4.98 Å². The lowest BCUT2D eigenvalue weighted by molar-refractivity contribution is 0.631. The van der Waals surface area contributed by atoms with E-state index < -0.39 is 0 Å². The molecule has 1 aromatic carbocycles. The fourth-order valence-corrected chi connectivity index (χ4v) is 1.68. The summed E-state index contributed by atoms with van der Waals surface area (Å²) < 4.78 is 13.5. The molecule has 1 heterocycles. The number of pyridine rings is 1. The van der Waals surface area contributed by atoms with E-state index in [2.05, 4.69) is 4.98 Å². The molecular formula is C12H9ClFN. The SMILES string of the molecule is Cc1nc(Cl)ccc1-c1ccccc1F. The molecule has 0 unspecified atom stereocenters. The number of rotatable bonds is 1. The van der Waals surface area contributed by atoms with Crippen LogP contribution < -0.4 is 0 Å². The van der Waals surface area contributed by atoms with Crippen LogP contribution in [-0.2, 0) is 0 Å². The zero-order valence-electron chi connectivity index (χ0n) is 8.17. The highest BCUT2D eigenvalue weighted by atomic mass is 35.5. The van der Waals surface area contributed by atoms with Gasteiger partial charge in [0.1, 0.15) is 11.0 Å². The van der Waals surface area contributed by atoms with Gasteiger partial charge < -0.3 is 0 Å². The Morgan fingerprint density at radius 3 is 2.47 bits per heavy atom. The first-order valence-corrected chi connectivity index (χ1v) is 4.94. The van der Waals surface area contributed by atoms with E-state index in [1.807, 2.05) is 6.92 Å². The predicted molar refractivity (Wildman–Crippen MR) is 59.4 cm³/mol. The van der Waals surface area contributed by atoms with Gasteiger partial charge in [0.25, 0.3) is 0 Å². The molecule has 2 aromatic rings. The average Bonchev–Trinajstić information content (AvgIpc) is 2.20. The van der Waals surface area contributed by atoms with Crippen LogP contribution in [-0.4, -0.2) is 4.98 Å². The van der Waals surface area contributed by atoms with E-state index in [0.717, 1.165) is 11.3 Å². The fraction of sp³-hybridized carbons (Fsp3) is 0.0833. The van der Waals surface area contributed by atoms with Crippen molar-refractivity contribution in [3.8, 4) is 11.1 Å². The van der Waals surface area contributed by atoms with E-state index >= 15 is 0 Å². The van der Waals surface area contributed by atoms with Crippen LogP contribution in [0, 0.1) is 12.7 Å². The molecule has 15 heavy (non-hydrogen) atoms. The van der Waals surface area contributed by atoms with Crippen molar-refractivity contribution in [2.75, 3.05) is 0 Å². The molecule has 0 amide bonds. The lowest BCUT2D eigenvalue weighted by Gasteiger charge is -2.06. The lowest BCUT2D eigenvalue weighted by atomic mass is 10.0. The summed E-state index contributed by atoms with van der Waals surface area (Å²) >= 11 is 5.74. The smallest absolute Gasteiger partial charge is 0.131 e. The minimum atomic E-state index is -0.246. The lowest BCUT2D eigenvalue weighted by Crippen LogP contribution is -1.90. The number of nitrogens with zero attached hydrogens (tertiary/aromatic N) is 1. The van der Waals surface area contributed by atoms with E-state index in [1.165, 1.54) is 6.07 Å². The molecule has 0 saturated heterocycles. The average molecular weight is 222 g/mol. The summed E-state index contributed by atoms with van der Waals surface area (Å²) in [6.45, 7) is 1.81. The van der Waals surface area contributed by atoms with Gasteiger partial charge in [-0.25, -0.2) is 9.37 Å². The Morgan fingerprint density at radius 1 is 1.07 bits per heavy atom. The summed E-state index contributed by atoms with van der Waals surface area (Å²) in [6.07, 6.45) is 0. The van der Waals surface area contributed by atoms with Crippen molar-refractivity contribution in [2.45, 2.75) is 6.92 Å². The summed E-state index contributed by atoms with van der Waals surface area (Å²) in [5.74, 6) is -0.246. The maximum atomic E-state index is 13.5. The van der Waals surface area contributed by atoms with Crippen molar-refractivity contribution in [3.05, 3.63) is 53.1 Å². The third kappa shape index (κ3) is 2.00. The van der Waals surface area contributed by atoms with E-state index in [1.54, 1.807) is 30.3 Å². The van der Waals surface area contributed by atoms with Crippen LogP contribution in [0.1, 0.15) is 5.69 Å². The number of benzene rings is 1. The van der Waals surface area contributed by atoms with Crippen LogP contribution in [0.15, 0.2) is 36.4 Å². The van der Waals surface area contributed by atoms with Crippen LogP contribution in [0.3, 0.4) is 0 Å². The van der Waals surface area contributed by atoms with Crippen LogP contribution in [0.25, 0.3) is 11.1 Å². The largest absolute Gasteiger partial charge is 0.241 e. The molecule has 2 rings (SSSR count). The molecule has 3 heteroatoms. The summed E-state index contributed by atoms with van der Waals surface area (Å²) in [7, 11) is 0. The second kappa shape index (κ2) is 3.99. The van der Waals surface area contributed by atoms with E-state index in [0.29, 0.717) is 10.7 Å². The van der Waals surface area contributed by atoms with Gasteiger partial charge in [-0.05, 0) is 25.1 Å². The van der Waals surface area contributed by atoms with Crippen molar-refractivity contribution in [1.29, 1.82) is 0 Å². The van der Waals surface area contributed by atoms with Gasteiger partial charge in [-0.1, -0.05) is 29.8 Å². The summed E-state index contributed by atoms with van der Waals surface area (Å²) in [5.41, 5.74) is 2.06. The molecule has 0 fully saturated rings. The molecule has 1 nitrogen and oxygen atoms in total. The zero-order chi connectivity index (χ0) is 10.8. The Kier molecular flexibility index (Phi) is 2.69. The van der Waals surface area contributed by atoms with Gasteiger partial charge in [0.15, 0.2) is 0 Å². The van der Waals surface area contributed by atoms with E-state index in [-0.39, 0.29) is 5.82 Å². The molecule has 0 N–H and O–H groups in total. The first-order valence-electron chi connectivity index (χ1n) is 4.56. The summed E-state index contributed by atoms with van der Waals surface area (Å²) in [5, 5.41) is 0.424. The molecule has 0 bridgehead atoms. The molecule has 76 valence electrons. The first kappa shape index (κ1) is 10.1. The second-order valence-electron chi connectivity index (χ2n) is 3.25. The molecule has 0 aliphatic carbocycles. The molecule has 0 spiro atoms. The van der Waals surface area contributed by atoms with Gasteiger partial charge in [-0.2, -0.15) is 0 Å². The third-order valence-electron chi connectivity index (χ3n) is 2.22. The molecule has 0 saturated carbocycles. The number of aromatic nitrogens is 1. The molecule has 0 aliphatic rings. The molecule has 1 aromatic heterocycles. The normalized spacial score (nSPS) is 10.3. The summed E-state index contributed by atoms with van der Waals surface area (Å²) in [4.78, 5) is 4.09. The fourth-order valence-electron chi connectivity index (χ4n) is 1.49. The monoisotopic (exact) mass is 221 g/mol. The van der Waals surface area contributed by atoms with Gasteiger partial charge in [0.2, 0.25) is 0 Å². The van der Waals surface area contributed by atoms with Gasteiger partial charge in [0, 0.05) is 16.8 Å². The molecule has 0 atom stereocenters. The minimum Gasteiger partial charge on any atom is -0.241 e.